The quantitative estimate of drug-likeness (QED) is 0.921. The van der Waals surface area contributed by atoms with Gasteiger partial charge in [-0.15, -0.1) is 0 Å². The van der Waals surface area contributed by atoms with E-state index >= 15 is 0 Å². The van der Waals surface area contributed by atoms with Crippen molar-refractivity contribution in [3.63, 3.8) is 0 Å². The Kier molecular flexibility index (Phi) is 5.19. The molecule has 1 N–H and O–H groups in total. The van der Waals surface area contributed by atoms with Gasteiger partial charge in [-0.2, -0.15) is 0 Å². The molecule has 0 saturated carbocycles. The van der Waals surface area contributed by atoms with Crippen LogP contribution in [0.15, 0.2) is 24.3 Å². The van der Waals surface area contributed by atoms with Gasteiger partial charge in [-0.05, 0) is 55.2 Å². The molecule has 130 valence electrons. The first-order valence-corrected chi connectivity index (χ1v) is 8.76. The highest BCUT2D eigenvalue weighted by molar-refractivity contribution is 5.87. The third-order valence-corrected chi connectivity index (χ3v) is 5.56. The second-order valence-corrected chi connectivity index (χ2v) is 7.00. The average molecular weight is 331 g/mol. The first kappa shape index (κ1) is 17.0. The van der Waals surface area contributed by atoms with Gasteiger partial charge in [0.05, 0.1) is 5.56 Å². The standard InChI is InChI=1S/C19H25NO4/c21-17(6-3-15-1-4-16(5-2-15)18(22)23)20-11-7-19(8-12-20)9-13-24-14-10-19/h1-2,4-5H,3,6-14H2,(H,22,23). The molecule has 1 amide bonds. The zero-order valence-electron chi connectivity index (χ0n) is 14.0. The molecule has 1 aromatic rings. The second-order valence-electron chi connectivity index (χ2n) is 7.00. The van der Waals surface area contributed by atoms with E-state index in [2.05, 4.69) is 0 Å². The maximum atomic E-state index is 12.4. The lowest BCUT2D eigenvalue weighted by Gasteiger charge is -2.44. The van der Waals surface area contributed by atoms with Crippen LogP contribution in [0.25, 0.3) is 0 Å². The lowest BCUT2D eigenvalue weighted by molar-refractivity contribution is -0.134. The largest absolute Gasteiger partial charge is 0.478 e. The monoisotopic (exact) mass is 331 g/mol. The van der Waals surface area contributed by atoms with Crippen LogP contribution in [0.4, 0.5) is 0 Å². The number of aryl methyl sites for hydroxylation is 1. The number of piperidine rings is 1. The van der Waals surface area contributed by atoms with Gasteiger partial charge in [0.1, 0.15) is 0 Å². The number of ether oxygens (including phenoxy) is 1. The van der Waals surface area contributed by atoms with E-state index in [0.717, 1.165) is 57.6 Å². The number of carboxylic acids is 1. The van der Waals surface area contributed by atoms with Crippen molar-refractivity contribution in [2.24, 2.45) is 5.41 Å². The molecule has 2 saturated heterocycles. The summed E-state index contributed by atoms with van der Waals surface area (Å²) in [5.74, 6) is -0.716. The number of carbonyl (C=O) groups is 2. The number of hydrogen-bond donors (Lipinski definition) is 1. The Morgan fingerprint density at radius 3 is 2.25 bits per heavy atom. The van der Waals surface area contributed by atoms with Crippen LogP contribution in [0.3, 0.4) is 0 Å². The van der Waals surface area contributed by atoms with E-state index in [4.69, 9.17) is 9.84 Å². The summed E-state index contributed by atoms with van der Waals surface area (Å²) in [5.41, 5.74) is 1.69. The molecule has 0 atom stereocenters. The van der Waals surface area contributed by atoms with E-state index in [-0.39, 0.29) is 11.5 Å². The maximum Gasteiger partial charge on any atom is 0.335 e. The molecule has 0 unspecified atom stereocenters. The number of carbonyl (C=O) groups excluding carboxylic acids is 1. The Bertz CT molecular complexity index is 580. The number of benzene rings is 1. The number of carboxylic acid groups (broad SMARTS) is 1. The van der Waals surface area contributed by atoms with Crippen LogP contribution < -0.4 is 0 Å². The van der Waals surface area contributed by atoms with Gasteiger partial charge >= 0.3 is 5.97 Å². The summed E-state index contributed by atoms with van der Waals surface area (Å²) in [4.78, 5) is 25.3. The SMILES string of the molecule is O=C(O)c1ccc(CCC(=O)N2CCC3(CCOCC3)CC2)cc1. The van der Waals surface area contributed by atoms with Crippen LogP contribution in [0.2, 0.25) is 0 Å². The lowest BCUT2D eigenvalue weighted by Crippen LogP contribution is -2.45. The highest BCUT2D eigenvalue weighted by atomic mass is 16.5. The fourth-order valence-electron chi connectivity index (χ4n) is 3.76. The molecule has 5 nitrogen and oxygen atoms in total. The fraction of sp³-hybridized carbons (Fsp3) is 0.579. The van der Waals surface area contributed by atoms with E-state index < -0.39 is 5.97 Å². The summed E-state index contributed by atoms with van der Waals surface area (Å²) in [6, 6.07) is 6.78. The molecule has 0 bridgehead atoms. The predicted molar refractivity (Wildman–Crippen MR) is 90.0 cm³/mol. The third kappa shape index (κ3) is 3.96. The van der Waals surface area contributed by atoms with Gasteiger partial charge in [0.15, 0.2) is 0 Å². The van der Waals surface area contributed by atoms with Crippen molar-refractivity contribution in [1.29, 1.82) is 0 Å². The van der Waals surface area contributed by atoms with Crippen LogP contribution in [-0.2, 0) is 16.0 Å². The smallest absolute Gasteiger partial charge is 0.335 e. The van der Waals surface area contributed by atoms with Crippen LogP contribution in [0.1, 0.15) is 48.0 Å². The second kappa shape index (κ2) is 7.34. The van der Waals surface area contributed by atoms with Crippen LogP contribution >= 0.6 is 0 Å². The molecular formula is C19H25NO4. The molecule has 1 aromatic carbocycles. The maximum absolute atomic E-state index is 12.4. The average Bonchev–Trinajstić information content (AvgIpc) is 2.61. The van der Waals surface area contributed by atoms with Crippen molar-refractivity contribution in [3.8, 4) is 0 Å². The minimum absolute atomic E-state index is 0.208. The number of amides is 1. The summed E-state index contributed by atoms with van der Waals surface area (Å²) in [5, 5.41) is 8.90. The molecular weight excluding hydrogens is 306 g/mol. The number of likely N-dealkylation sites (tertiary alicyclic amines) is 1. The predicted octanol–water partition coefficient (Wildman–Crippen LogP) is 2.74. The fourth-order valence-corrected chi connectivity index (χ4v) is 3.76. The van der Waals surface area contributed by atoms with E-state index in [0.29, 0.717) is 18.3 Å². The molecule has 0 aromatic heterocycles. The van der Waals surface area contributed by atoms with Crippen molar-refractivity contribution < 1.29 is 19.4 Å². The van der Waals surface area contributed by atoms with Gasteiger partial charge < -0.3 is 14.7 Å². The highest BCUT2D eigenvalue weighted by Gasteiger charge is 2.36. The number of hydrogen-bond acceptors (Lipinski definition) is 3. The first-order chi connectivity index (χ1) is 11.6. The van der Waals surface area contributed by atoms with Gasteiger partial charge in [0.2, 0.25) is 5.91 Å². The zero-order chi connectivity index (χ0) is 17.0. The molecule has 2 aliphatic heterocycles. The van der Waals surface area contributed by atoms with Gasteiger partial charge in [-0.3, -0.25) is 4.79 Å². The summed E-state index contributed by atoms with van der Waals surface area (Å²) in [7, 11) is 0. The molecule has 3 rings (SSSR count). The minimum Gasteiger partial charge on any atom is -0.478 e. The van der Waals surface area contributed by atoms with Crippen molar-refractivity contribution >= 4 is 11.9 Å². The summed E-state index contributed by atoms with van der Waals surface area (Å²) >= 11 is 0. The Morgan fingerprint density at radius 1 is 1.04 bits per heavy atom. The molecule has 2 fully saturated rings. The van der Waals surface area contributed by atoms with Crippen LogP contribution in [-0.4, -0.2) is 48.2 Å². The Balaban J connectivity index is 1.46. The van der Waals surface area contributed by atoms with E-state index in [1.54, 1.807) is 24.3 Å². The molecule has 0 radical (unpaired) electrons. The Labute approximate surface area is 142 Å². The van der Waals surface area contributed by atoms with Crippen molar-refractivity contribution in [3.05, 3.63) is 35.4 Å². The van der Waals surface area contributed by atoms with Crippen molar-refractivity contribution in [2.75, 3.05) is 26.3 Å². The van der Waals surface area contributed by atoms with Crippen LogP contribution in [0, 0.1) is 5.41 Å². The summed E-state index contributed by atoms with van der Waals surface area (Å²) in [6.07, 6.45) is 5.59. The minimum atomic E-state index is -0.923. The van der Waals surface area contributed by atoms with Crippen molar-refractivity contribution in [2.45, 2.75) is 38.5 Å². The van der Waals surface area contributed by atoms with Gasteiger partial charge in [-0.25, -0.2) is 4.79 Å². The van der Waals surface area contributed by atoms with Gasteiger partial charge in [0, 0.05) is 32.7 Å². The highest BCUT2D eigenvalue weighted by Crippen LogP contribution is 2.40. The van der Waals surface area contributed by atoms with Crippen molar-refractivity contribution in [1.82, 2.24) is 4.90 Å². The Morgan fingerprint density at radius 2 is 1.67 bits per heavy atom. The molecule has 1 spiro atoms. The number of aromatic carboxylic acids is 1. The van der Waals surface area contributed by atoms with Gasteiger partial charge in [0.25, 0.3) is 0 Å². The third-order valence-electron chi connectivity index (χ3n) is 5.56. The van der Waals surface area contributed by atoms with Crippen LogP contribution in [0.5, 0.6) is 0 Å². The van der Waals surface area contributed by atoms with Gasteiger partial charge in [-0.1, -0.05) is 12.1 Å². The molecule has 0 aliphatic carbocycles. The topological polar surface area (TPSA) is 66.8 Å². The van der Waals surface area contributed by atoms with E-state index in [1.165, 1.54) is 0 Å². The number of rotatable bonds is 4. The Hall–Kier alpha value is -1.88. The normalized spacial score (nSPS) is 20.1. The molecule has 24 heavy (non-hydrogen) atoms. The van der Waals surface area contributed by atoms with E-state index in [1.807, 2.05) is 4.90 Å². The summed E-state index contributed by atoms with van der Waals surface area (Å²) in [6.45, 7) is 3.44. The molecule has 5 heteroatoms. The lowest BCUT2D eigenvalue weighted by atomic mass is 9.72. The molecule has 2 aliphatic rings. The van der Waals surface area contributed by atoms with E-state index in [9.17, 15) is 9.59 Å². The molecule has 2 heterocycles. The first-order valence-electron chi connectivity index (χ1n) is 8.76. The zero-order valence-corrected chi connectivity index (χ0v) is 14.0. The number of nitrogens with zero attached hydrogens (tertiary/aromatic N) is 1. The summed E-state index contributed by atoms with van der Waals surface area (Å²) < 4.78 is 5.46.